The number of fused-ring (bicyclic) bond motifs is 1. The number of ether oxygens (including phenoxy) is 2. The number of aromatic nitrogens is 1. The van der Waals surface area contributed by atoms with Crippen LogP contribution in [-0.4, -0.2) is 47.5 Å². The number of amides is 1. The smallest absolute Gasteiger partial charge is 0.408 e. The van der Waals surface area contributed by atoms with Gasteiger partial charge in [0, 0.05) is 25.3 Å². The highest BCUT2D eigenvalue weighted by Gasteiger charge is 2.30. The fourth-order valence-corrected chi connectivity index (χ4v) is 4.65. The second-order valence-electron chi connectivity index (χ2n) is 9.49. The number of aliphatic carboxylic acids is 1. The zero-order valence-corrected chi connectivity index (χ0v) is 20.2. The molecule has 3 N–H and O–H groups in total. The number of carboxylic acid groups (broad SMARTS) is 1. The molecular formula is C27H35N3O5. The van der Waals surface area contributed by atoms with Crippen LogP contribution in [0.4, 0.5) is 10.6 Å². The molecule has 1 aromatic carbocycles. The molecule has 2 atom stereocenters. The lowest BCUT2D eigenvalue weighted by Crippen LogP contribution is -2.42. The first-order valence-electron chi connectivity index (χ1n) is 12.6. The van der Waals surface area contributed by atoms with E-state index in [0.717, 1.165) is 62.1 Å². The Bertz CT molecular complexity index is 994. The van der Waals surface area contributed by atoms with Gasteiger partial charge in [0.05, 0.1) is 6.10 Å². The van der Waals surface area contributed by atoms with Crippen molar-refractivity contribution in [3.05, 3.63) is 59.3 Å². The molecule has 1 fully saturated rings. The molecular weight excluding hydrogens is 446 g/mol. The van der Waals surface area contributed by atoms with Gasteiger partial charge in [0.25, 0.3) is 0 Å². The third kappa shape index (κ3) is 7.18. The van der Waals surface area contributed by atoms with E-state index < -0.39 is 24.2 Å². The van der Waals surface area contributed by atoms with Crippen LogP contribution in [0, 0.1) is 5.92 Å². The van der Waals surface area contributed by atoms with Gasteiger partial charge in [-0.1, -0.05) is 36.4 Å². The largest absolute Gasteiger partial charge is 0.480 e. The number of aryl methyl sites for hydroxylation is 2. The number of anilines is 1. The van der Waals surface area contributed by atoms with Crippen LogP contribution in [0.15, 0.2) is 42.5 Å². The van der Waals surface area contributed by atoms with E-state index in [9.17, 15) is 14.7 Å². The first-order chi connectivity index (χ1) is 17.0. The van der Waals surface area contributed by atoms with E-state index in [1.165, 1.54) is 5.56 Å². The summed E-state index contributed by atoms with van der Waals surface area (Å²) in [4.78, 5) is 28.5. The Kier molecular flexibility index (Phi) is 8.58. The van der Waals surface area contributed by atoms with Crippen molar-refractivity contribution in [1.82, 2.24) is 10.3 Å². The molecule has 188 valence electrons. The summed E-state index contributed by atoms with van der Waals surface area (Å²) >= 11 is 0. The summed E-state index contributed by atoms with van der Waals surface area (Å²) < 4.78 is 11.2. The number of rotatable bonds is 11. The molecule has 0 spiro atoms. The summed E-state index contributed by atoms with van der Waals surface area (Å²) in [5, 5.41) is 15.3. The average Bonchev–Trinajstić information content (AvgIpc) is 2.84. The molecule has 0 saturated heterocycles. The van der Waals surface area contributed by atoms with Crippen molar-refractivity contribution in [3.8, 4) is 0 Å². The Hall–Kier alpha value is -3.13. The molecule has 0 unspecified atom stereocenters. The Labute approximate surface area is 206 Å². The summed E-state index contributed by atoms with van der Waals surface area (Å²) in [7, 11) is 0. The van der Waals surface area contributed by atoms with E-state index in [2.05, 4.69) is 22.8 Å². The van der Waals surface area contributed by atoms with Gasteiger partial charge in [-0.15, -0.1) is 0 Å². The van der Waals surface area contributed by atoms with Gasteiger partial charge in [-0.05, 0) is 68.6 Å². The molecule has 0 bridgehead atoms. The highest BCUT2D eigenvalue weighted by molar-refractivity contribution is 5.79. The fraction of sp³-hybridized carbons (Fsp3) is 0.519. The third-order valence-electron chi connectivity index (χ3n) is 6.86. The highest BCUT2D eigenvalue weighted by atomic mass is 16.6. The van der Waals surface area contributed by atoms with Gasteiger partial charge < -0.3 is 25.2 Å². The van der Waals surface area contributed by atoms with Crippen LogP contribution in [0.25, 0.3) is 0 Å². The lowest BCUT2D eigenvalue weighted by molar-refractivity contribution is -0.140. The number of pyridine rings is 1. The minimum atomic E-state index is -1.10. The number of nitrogens with one attached hydrogen (secondary N) is 2. The van der Waals surface area contributed by atoms with Crippen molar-refractivity contribution in [2.24, 2.45) is 5.92 Å². The first kappa shape index (κ1) is 25.0. The van der Waals surface area contributed by atoms with Crippen LogP contribution in [0.5, 0.6) is 0 Å². The van der Waals surface area contributed by atoms with Crippen LogP contribution in [-0.2, 0) is 27.1 Å². The van der Waals surface area contributed by atoms with Gasteiger partial charge in [0.15, 0.2) is 0 Å². The number of carbonyl (C=O) groups is 2. The maximum atomic E-state index is 12.2. The van der Waals surface area contributed by atoms with Gasteiger partial charge in [0.1, 0.15) is 18.0 Å². The van der Waals surface area contributed by atoms with E-state index in [1.807, 2.05) is 30.3 Å². The third-order valence-corrected chi connectivity index (χ3v) is 6.86. The molecule has 1 aliphatic carbocycles. The molecule has 35 heavy (non-hydrogen) atoms. The van der Waals surface area contributed by atoms with Crippen molar-refractivity contribution >= 4 is 17.9 Å². The van der Waals surface area contributed by atoms with E-state index in [-0.39, 0.29) is 19.1 Å². The van der Waals surface area contributed by atoms with Gasteiger partial charge in [-0.25, -0.2) is 14.6 Å². The van der Waals surface area contributed by atoms with Crippen LogP contribution in [0.3, 0.4) is 0 Å². The van der Waals surface area contributed by atoms with Gasteiger partial charge in [-0.3, -0.25) is 0 Å². The molecule has 1 amide bonds. The summed E-state index contributed by atoms with van der Waals surface area (Å²) in [5.41, 5.74) is 3.29. The van der Waals surface area contributed by atoms with Gasteiger partial charge in [0.2, 0.25) is 0 Å². The Morgan fingerprint density at radius 2 is 2.00 bits per heavy atom. The number of hydrogen-bond acceptors (Lipinski definition) is 6. The summed E-state index contributed by atoms with van der Waals surface area (Å²) in [6.45, 7) is 3.03. The Morgan fingerprint density at radius 3 is 2.77 bits per heavy atom. The summed E-state index contributed by atoms with van der Waals surface area (Å²) in [5.74, 6) is 0.550. The fourth-order valence-electron chi connectivity index (χ4n) is 4.65. The zero-order valence-electron chi connectivity index (χ0n) is 20.2. The molecule has 1 saturated carbocycles. The number of hydrogen-bond donors (Lipinski definition) is 3. The summed E-state index contributed by atoms with van der Waals surface area (Å²) in [6, 6.07) is 12.6. The molecule has 2 heterocycles. The molecule has 8 nitrogen and oxygen atoms in total. The van der Waals surface area contributed by atoms with E-state index in [0.29, 0.717) is 5.92 Å². The highest BCUT2D eigenvalue weighted by Crippen LogP contribution is 2.34. The van der Waals surface area contributed by atoms with Crippen LogP contribution < -0.4 is 10.6 Å². The van der Waals surface area contributed by atoms with Crippen molar-refractivity contribution in [2.45, 2.75) is 70.1 Å². The second kappa shape index (κ2) is 12.0. The number of carboxylic acids is 1. The molecule has 1 aliphatic heterocycles. The van der Waals surface area contributed by atoms with Crippen LogP contribution >= 0.6 is 0 Å². The Balaban J connectivity index is 1.12. The van der Waals surface area contributed by atoms with Crippen molar-refractivity contribution in [1.29, 1.82) is 0 Å². The van der Waals surface area contributed by atoms with E-state index in [1.54, 1.807) is 6.92 Å². The molecule has 4 rings (SSSR count). The predicted octanol–water partition coefficient (Wildman–Crippen LogP) is 4.50. The SMILES string of the molecule is C[C@H](OC(=O)N[C@@H](CCOC1CC(CCc2ccc3c(n2)NCCC3)C1)C(=O)O)c1ccccc1. The van der Waals surface area contributed by atoms with Crippen LogP contribution in [0.1, 0.15) is 62.0 Å². The molecule has 0 radical (unpaired) electrons. The average molecular weight is 482 g/mol. The normalized spacial score (nSPS) is 20.5. The van der Waals surface area contributed by atoms with Crippen molar-refractivity contribution in [3.63, 3.8) is 0 Å². The number of alkyl carbamates (subject to hydrolysis) is 1. The quantitative estimate of drug-likeness (QED) is 0.433. The Morgan fingerprint density at radius 1 is 1.20 bits per heavy atom. The number of benzene rings is 1. The number of carbonyl (C=O) groups excluding carboxylic acids is 1. The first-order valence-corrected chi connectivity index (χ1v) is 12.6. The molecule has 1 aromatic heterocycles. The zero-order chi connectivity index (χ0) is 24.6. The van der Waals surface area contributed by atoms with E-state index in [4.69, 9.17) is 14.5 Å². The molecule has 2 aliphatic rings. The minimum Gasteiger partial charge on any atom is -0.480 e. The second-order valence-corrected chi connectivity index (χ2v) is 9.49. The molecule has 2 aromatic rings. The van der Waals surface area contributed by atoms with Crippen molar-refractivity contribution in [2.75, 3.05) is 18.5 Å². The van der Waals surface area contributed by atoms with E-state index >= 15 is 0 Å². The maximum Gasteiger partial charge on any atom is 0.408 e. The van der Waals surface area contributed by atoms with Crippen LogP contribution in [0.2, 0.25) is 0 Å². The lowest BCUT2D eigenvalue weighted by atomic mass is 9.79. The monoisotopic (exact) mass is 481 g/mol. The maximum absolute atomic E-state index is 12.2. The molecule has 8 heteroatoms. The van der Waals surface area contributed by atoms with Gasteiger partial charge >= 0.3 is 12.1 Å². The number of nitrogens with zero attached hydrogens (tertiary/aromatic N) is 1. The van der Waals surface area contributed by atoms with Crippen molar-refractivity contribution < 1.29 is 24.2 Å². The minimum absolute atomic E-state index is 0.151. The predicted molar refractivity (Wildman–Crippen MR) is 132 cm³/mol. The van der Waals surface area contributed by atoms with Gasteiger partial charge in [-0.2, -0.15) is 0 Å². The summed E-state index contributed by atoms with van der Waals surface area (Å²) in [6.07, 6.45) is 5.38. The standard InChI is InChI=1S/C27H35N3O5/c1-18(20-6-3-2-4-7-20)35-27(33)30-24(26(31)32)13-15-34-23-16-19(17-23)9-11-22-12-10-21-8-5-14-28-25(21)29-22/h2-4,6-7,10,12,18-19,23-24H,5,8-9,11,13-17H2,1H3,(H,28,29)(H,30,33)(H,31,32)/t18-,19?,23?,24-/m0/s1. The topological polar surface area (TPSA) is 110 Å². The lowest BCUT2D eigenvalue weighted by Gasteiger charge is -2.35.